The van der Waals surface area contributed by atoms with Gasteiger partial charge in [0.25, 0.3) is 5.91 Å². The van der Waals surface area contributed by atoms with Gasteiger partial charge in [0.05, 0.1) is 18.0 Å². The highest BCUT2D eigenvalue weighted by molar-refractivity contribution is 8.00. The average Bonchev–Trinajstić information content (AvgIpc) is 2.75. The number of fused-ring (bicyclic) bond motifs is 1. The zero-order chi connectivity index (χ0) is 19.3. The van der Waals surface area contributed by atoms with Crippen molar-refractivity contribution < 1.29 is 9.59 Å². The van der Waals surface area contributed by atoms with Crippen LogP contribution in [0.2, 0.25) is 0 Å². The molecule has 4 rings (SSSR count). The van der Waals surface area contributed by atoms with Gasteiger partial charge in [-0.1, -0.05) is 24.3 Å². The number of hydrogen-bond acceptors (Lipinski definition) is 4. The van der Waals surface area contributed by atoms with Gasteiger partial charge in [-0.05, 0) is 47.5 Å². The van der Waals surface area contributed by atoms with Crippen LogP contribution in [0.25, 0.3) is 0 Å². The van der Waals surface area contributed by atoms with E-state index in [1.165, 1.54) is 0 Å². The first-order chi connectivity index (χ1) is 13.7. The smallest absolute Gasteiger partial charge is 0.251 e. The zero-order valence-corrected chi connectivity index (χ0v) is 16.0. The molecular formula is C22H19N3O2S. The summed E-state index contributed by atoms with van der Waals surface area (Å²) in [5.41, 5.74) is 3.43. The van der Waals surface area contributed by atoms with E-state index >= 15 is 0 Å². The normalized spacial score (nSPS) is 13.1. The van der Waals surface area contributed by atoms with Gasteiger partial charge in [0.2, 0.25) is 5.91 Å². The van der Waals surface area contributed by atoms with Gasteiger partial charge in [-0.2, -0.15) is 0 Å². The Hall–Kier alpha value is -3.12. The van der Waals surface area contributed by atoms with Gasteiger partial charge in [-0.25, -0.2) is 0 Å². The highest BCUT2D eigenvalue weighted by Crippen LogP contribution is 2.35. The summed E-state index contributed by atoms with van der Waals surface area (Å²) in [6.45, 7) is 0.892. The summed E-state index contributed by atoms with van der Waals surface area (Å²) in [5, 5.41) is 2.92. The highest BCUT2D eigenvalue weighted by Gasteiger charge is 2.24. The van der Waals surface area contributed by atoms with Crippen LogP contribution in [0, 0.1) is 0 Å². The lowest BCUT2D eigenvalue weighted by atomic mass is 10.1. The molecule has 0 unspecified atom stereocenters. The maximum atomic E-state index is 12.5. The Bertz CT molecular complexity index is 1010. The molecule has 0 fully saturated rings. The summed E-state index contributed by atoms with van der Waals surface area (Å²) in [6.07, 6.45) is 3.40. The minimum absolute atomic E-state index is 0.0799. The fourth-order valence-electron chi connectivity index (χ4n) is 3.11. The number of anilines is 1. The highest BCUT2D eigenvalue weighted by atomic mass is 32.2. The maximum Gasteiger partial charge on any atom is 0.251 e. The second-order valence-corrected chi connectivity index (χ2v) is 7.49. The molecule has 0 saturated carbocycles. The molecule has 3 aromatic rings. The van der Waals surface area contributed by atoms with E-state index in [0.29, 0.717) is 24.4 Å². The number of rotatable bonds is 5. The number of para-hydroxylation sites is 1. The topological polar surface area (TPSA) is 62.3 Å². The summed E-state index contributed by atoms with van der Waals surface area (Å²) < 4.78 is 0. The molecule has 1 aliphatic rings. The molecule has 2 heterocycles. The van der Waals surface area contributed by atoms with E-state index in [0.717, 1.165) is 21.7 Å². The van der Waals surface area contributed by atoms with Crippen LogP contribution in [0.1, 0.15) is 21.5 Å². The minimum Gasteiger partial charge on any atom is -0.348 e. The molecule has 6 heteroatoms. The number of amides is 2. The third-order valence-corrected chi connectivity index (χ3v) is 5.59. The summed E-state index contributed by atoms with van der Waals surface area (Å²) in [4.78, 5) is 31.8. The van der Waals surface area contributed by atoms with Crippen molar-refractivity contribution in [1.29, 1.82) is 0 Å². The molecule has 2 aromatic carbocycles. The van der Waals surface area contributed by atoms with Gasteiger partial charge in [-0.3, -0.25) is 14.6 Å². The molecule has 140 valence electrons. The van der Waals surface area contributed by atoms with E-state index in [2.05, 4.69) is 10.3 Å². The third kappa shape index (κ3) is 4.07. The standard InChI is InChI=1S/C22H19N3O2S/c26-21-15-28-20-7-2-1-6-19(20)25(21)14-17-4-3-5-18(12-17)22(27)24-13-16-8-10-23-11-9-16/h1-12H,13-15H2,(H,24,27). The van der Waals surface area contributed by atoms with Crippen LogP contribution in [0.4, 0.5) is 5.69 Å². The molecule has 0 bridgehead atoms. The largest absolute Gasteiger partial charge is 0.348 e. The number of carbonyl (C=O) groups excluding carboxylic acids is 2. The summed E-state index contributed by atoms with van der Waals surface area (Å²) >= 11 is 1.56. The number of carbonyl (C=O) groups is 2. The predicted octanol–water partition coefficient (Wildman–Crippen LogP) is 3.65. The monoisotopic (exact) mass is 389 g/mol. The maximum absolute atomic E-state index is 12.5. The first-order valence-electron chi connectivity index (χ1n) is 8.99. The Morgan fingerprint density at radius 3 is 2.71 bits per heavy atom. The Balaban J connectivity index is 1.48. The fourth-order valence-corrected chi connectivity index (χ4v) is 4.04. The summed E-state index contributed by atoms with van der Waals surface area (Å²) in [7, 11) is 0. The van der Waals surface area contributed by atoms with Crippen molar-refractivity contribution in [2.75, 3.05) is 10.7 Å². The second-order valence-electron chi connectivity index (χ2n) is 6.47. The van der Waals surface area contributed by atoms with Crippen LogP contribution in [0.5, 0.6) is 0 Å². The summed E-state index contributed by atoms with van der Waals surface area (Å²) in [6, 6.07) is 19.1. The molecule has 0 saturated heterocycles. The second kappa shape index (κ2) is 8.27. The van der Waals surface area contributed by atoms with Crippen molar-refractivity contribution in [3.63, 3.8) is 0 Å². The Labute approximate surface area is 167 Å². The van der Waals surface area contributed by atoms with E-state index in [-0.39, 0.29) is 11.8 Å². The quantitative estimate of drug-likeness (QED) is 0.724. The van der Waals surface area contributed by atoms with Crippen LogP contribution in [0.15, 0.2) is 78.0 Å². The SMILES string of the molecule is O=C(NCc1ccncc1)c1cccc(CN2C(=O)CSc3ccccc32)c1. The lowest BCUT2D eigenvalue weighted by Crippen LogP contribution is -2.34. The molecule has 1 N–H and O–H groups in total. The molecule has 0 spiro atoms. The van der Waals surface area contributed by atoms with Gasteiger partial charge in [-0.15, -0.1) is 11.8 Å². The van der Waals surface area contributed by atoms with E-state index in [1.54, 1.807) is 35.1 Å². The van der Waals surface area contributed by atoms with Crippen molar-refractivity contribution in [2.24, 2.45) is 0 Å². The number of hydrogen-bond donors (Lipinski definition) is 1. The molecule has 1 aromatic heterocycles. The van der Waals surface area contributed by atoms with Crippen molar-refractivity contribution in [2.45, 2.75) is 18.0 Å². The number of aromatic nitrogens is 1. The lowest BCUT2D eigenvalue weighted by molar-refractivity contribution is -0.116. The van der Waals surface area contributed by atoms with Crippen LogP contribution >= 0.6 is 11.8 Å². The van der Waals surface area contributed by atoms with E-state index < -0.39 is 0 Å². The zero-order valence-electron chi connectivity index (χ0n) is 15.2. The van der Waals surface area contributed by atoms with Crippen molar-refractivity contribution >= 4 is 29.3 Å². The first-order valence-corrected chi connectivity index (χ1v) is 9.97. The van der Waals surface area contributed by atoms with Crippen LogP contribution in [-0.4, -0.2) is 22.6 Å². The van der Waals surface area contributed by atoms with Gasteiger partial charge < -0.3 is 10.2 Å². The molecule has 0 aliphatic carbocycles. The van der Waals surface area contributed by atoms with Crippen LogP contribution < -0.4 is 10.2 Å². The molecule has 2 amide bonds. The fraction of sp³-hybridized carbons (Fsp3) is 0.136. The number of benzene rings is 2. The summed E-state index contributed by atoms with van der Waals surface area (Å²) in [5.74, 6) is 0.374. The molecule has 0 atom stereocenters. The number of pyridine rings is 1. The first kappa shape index (κ1) is 18.3. The molecular weight excluding hydrogens is 370 g/mol. The number of nitrogens with zero attached hydrogens (tertiary/aromatic N) is 2. The molecule has 28 heavy (non-hydrogen) atoms. The Kier molecular flexibility index (Phi) is 5.39. The van der Waals surface area contributed by atoms with Crippen LogP contribution in [0.3, 0.4) is 0 Å². The average molecular weight is 389 g/mol. The molecule has 5 nitrogen and oxygen atoms in total. The van der Waals surface area contributed by atoms with Gasteiger partial charge in [0.15, 0.2) is 0 Å². The van der Waals surface area contributed by atoms with Crippen molar-refractivity contribution in [3.8, 4) is 0 Å². The minimum atomic E-state index is -0.139. The third-order valence-electron chi connectivity index (χ3n) is 4.54. The van der Waals surface area contributed by atoms with E-state index in [4.69, 9.17) is 0 Å². The van der Waals surface area contributed by atoms with Crippen molar-refractivity contribution in [1.82, 2.24) is 10.3 Å². The molecule has 0 radical (unpaired) electrons. The van der Waals surface area contributed by atoms with Crippen LogP contribution in [-0.2, 0) is 17.9 Å². The Morgan fingerprint density at radius 1 is 1.04 bits per heavy atom. The van der Waals surface area contributed by atoms with Gasteiger partial charge in [0, 0.05) is 29.4 Å². The van der Waals surface area contributed by atoms with Gasteiger partial charge >= 0.3 is 0 Å². The van der Waals surface area contributed by atoms with E-state index in [1.807, 2.05) is 54.6 Å². The van der Waals surface area contributed by atoms with Gasteiger partial charge in [0.1, 0.15) is 0 Å². The van der Waals surface area contributed by atoms with E-state index in [9.17, 15) is 9.59 Å². The number of thioether (sulfide) groups is 1. The Morgan fingerprint density at radius 2 is 1.86 bits per heavy atom. The number of nitrogens with one attached hydrogen (secondary N) is 1. The predicted molar refractivity (Wildman–Crippen MR) is 110 cm³/mol. The lowest BCUT2D eigenvalue weighted by Gasteiger charge is -2.29. The van der Waals surface area contributed by atoms with Crippen molar-refractivity contribution in [3.05, 3.63) is 89.7 Å². The molecule has 1 aliphatic heterocycles.